The van der Waals surface area contributed by atoms with Crippen LogP contribution in [0.3, 0.4) is 0 Å². The van der Waals surface area contributed by atoms with Gasteiger partial charge in [-0.1, -0.05) is 26.0 Å². The summed E-state index contributed by atoms with van der Waals surface area (Å²) in [6.45, 7) is 5.37. The molecule has 0 saturated heterocycles. The summed E-state index contributed by atoms with van der Waals surface area (Å²) in [6.07, 6.45) is 1.66. The van der Waals surface area contributed by atoms with Gasteiger partial charge in [0.1, 0.15) is 5.75 Å². The van der Waals surface area contributed by atoms with Crippen molar-refractivity contribution >= 4 is 11.7 Å². The quantitative estimate of drug-likeness (QED) is 0.822. The van der Waals surface area contributed by atoms with E-state index in [1.165, 1.54) is 4.68 Å². The number of hydrogen-bond donors (Lipinski definition) is 2. The Balaban J connectivity index is 2.02. The topological polar surface area (TPSA) is 76.4 Å². The molecule has 0 atom stereocenters. The minimum Gasteiger partial charge on any atom is -0.493 e. The molecule has 0 aliphatic heterocycles. The van der Waals surface area contributed by atoms with Gasteiger partial charge in [-0.2, -0.15) is 5.10 Å². The molecule has 6 heteroatoms. The zero-order valence-corrected chi connectivity index (χ0v) is 13.0. The third-order valence-corrected chi connectivity index (χ3v) is 3.00. The van der Waals surface area contributed by atoms with E-state index >= 15 is 0 Å². The Bertz CT molecular complexity index is 650. The van der Waals surface area contributed by atoms with Crippen LogP contribution in [0.5, 0.6) is 5.75 Å². The smallest absolute Gasteiger partial charge is 0.358 e. The number of anilines is 1. The van der Waals surface area contributed by atoms with E-state index in [1.807, 2.05) is 24.3 Å². The second-order valence-electron chi connectivity index (χ2n) is 5.58. The number of carbonyl (C=O) groups is 1. The van der Waals surface area contributed by atoms with Gasteiger partial charge in [0.05, 0.1) is 12.3 Å². The number of nitrogens with zero attached hydrogens (tertiary/aromatic N) is 2. The van der Waals surface area contributed by atoms with E-state index in [4.69, 9.17) is 9.84 Å². The Morgan fingerprint density at radius 1 is 1.45 bits per heavy atom. The summed E-state index contributed by atoms with van der Waals surface area (Å²) < 4.78 is 7.17. The highest BCUT2D eigenvalue weighted by Gasteiger charge is 2.14. The van der Waals surface area contributed by atoms with Crippen molar-refractivity contribution in [1.29, 1.82) is 0 Å². The lowest BCUT2D eigenvalue weighted by atomic mass is 10.2. The summed E-state index contributed by atoms with van der Waals surface area (Å²) >= 11 is 0. The van der Waals surface area contributed by atoms with Crippen LogP contribution in [0.25, 0.3) is 0 Å². The molecule has 0 spiro atoms. The Kier molecular flexibility index (Phi) is 5.04. The Hall–Kier alpha value is -2.50. The van der Waals surface area contributed by atoms with Gasteiger partial charge in [0, 0.05) is 19.8 Å². The standard InChI is InChI=1S/C16H21N3O3/c1-11(2)10-22-13-6-4-5-12(7-13)8-17-14-9-19(3)18-15(14)16(20)21/h4-7,9,11,17H,8,10H2,1-3H3,(H,20,21). The third-order valence-electron chi connectivity index (χ3n) is 3.00. The molecule has 118 valence electrons. The van der Waals surface area contributed by atoms with E-state index in [9.17, 15) is 4.79 Å². The van der Waals surface area contributed by atoms with Gasteiger partial charge in [0.15, 0.2) is 5.69 Å². The van der Waals surface area contributed by atoms with Crippen LogP contribution in [-0.2, 0) is 13.6 Å². The minimum atomic E-state index is -1.04. The second-order valence-corrected chi connectivity index (χ2v) is 5.58. The number of ether oxygens (including phenoxy) is 1. The highest BCUT2D eigenvalue weighted by atomic mass is 16.5. The maximum atomic E-state index is 11.1. The Morgan fingerprint density at radius 3 is 2.91 bits per heavy atom. The van der Waals surface area contributed by atoms with E-state index in [-0.39, 0.29) is 5.69 Å². The number of benzene rings is 1. The van der Waals surface area contributed by atoms with Crippen LogP contribution in [0.4, 0.5) is 5.69 Å². The molecule has 2 N–H and O–H groups in total. The predicted octanol–water partition coefficient (Wildman–Crippen LogP) is 2.77. The molecule has 0 bridgehead atoms. The summed E-state index contributed by atoms with van der Waals surface area (Å²) in [7, 11) is 1.69. The molecule has 0 amide bonds. The number of nitrogens with one attached hydrogen (secondary N) is 1. The van der Waals surface area contributed by atoms with Gasteiger partial charge in [-0.25, -0.2) is 4.79 Å². The van der Waals surface area contributed by atoms with E-state index in [1.54, 1.807) is 13.2 Å². The summed E-state index contributed by atoms with van der Waals surface area (Å²) in [6, 6.07) is 7.75. The molecule has 1 aromatic carbocycles. The molecular formula is C16H21N3O3. The van der Waals surface area contributed by atoms with Gasteiger partial charge in [-0.15, -0.1) is 0 Å². The van der Waals surface area contributed by atoms with Gasteiger partial charge < -0.3 is 15.2 Å². The van der Waals surface area contributed by atoms with Crippen molar-refractivity contribution < 1.29 is 14.6 Å². The van der Waals surface area contributed by atoms with Crippen molar-refractivity contribution in [2.45, 2.75) is 20.4 Å². The molecule has 0 aliphatic carbocycles. The summed E-state index contributed by atoms with van der Waals surface area (Å²) in [5, 5.41) is 16.1. The lowest BCUT2D eigenvalue weighted by Crippen LogP contribution is -2.06. The first kappa shape index (κ1) is 15.9. The monoisotopic (exact) mass is 303 g/mol. The van der Waals surface area contributed by atoms with Gasteiger partial charge >= 0.3 is 5.97 Å². The van der Waals surface area contributed by atoms with Gasteiger partial charge in [-0.3, -0.25) is 4.68 Å². The fraction of sp³-hybridized carbons (Fsp3) is 0.375. The number of aryl methyl sites for hydroxylation is 1. The van der Waals surface area contributed by atoms with Gasteiger partial charge in [0.2, 0.25) is 0 Å². The molecule has 6 nitrogen and oxygen atoms in total. The van der Waals surface area contributed by atoms with Crippen LogP contribution in [-0.4, -0.2) is 27.5 Å². The zero-order valence-electron chi connectivity index (χ0n) is 13.0. The summed E-state index contributed by atoms with van der Waals surface area (Å²) in [5.74, 6) is 0.241. The maximum absolute atomic E-state index is 11.1. The molecule has 0 unspecified atom stereocenters. The van der Waals surface area contributed by atoms with Crippen LogP contribution in [0.1, 0.15) is 29.9 Å². The molecular weight excluding hydrogens is 282 g/mol. The van der Waals surface area contributed by atoms with Crippen LogP contribution in [0.15, 0.2) is 30.5 Å². The number of carboxylic acids is 1. The average molecular weight is 303 g/mol. The fourth-order valence-corrected chi connectivity index (χ4v) is 1.98. The summed E-state index contributed by atoms with van der Waals surface area (Å²) in [5.41, 5.74) is 1.54. The Morgan fingerprint density at radius 2 is 2.23 bits per heavy atom. The van der Waals surface area contributed by atoms with Crippen molar-refractivity contribution in [1.82, 2.24) is 9.78 Å². The van der Waals surface area contributed by atoms with Gasteiger partial charge in [0.25, 0.3) is 0 Å². The largest absolute Gasteiger partial charge is 0.493 e. The second kappa shape index (κ2) is 6.98. The van der Waals surface area contributed by atoms with Crippen molar-refractivity contribution in [2.24, 2.45) is 13.0 Å². The number of carboxylic acid groups (broad SMARTS) is 1. The van der Waals surface area contributed by atoms with Crippen molar-refractivity contribution in [3.05, 3.63) is 41.7 Å². The molecule has 2 aromatic rings. The average Bonchev–Trinajstić information content (AvgIpc) is 2.85. The highest BCUT2D eigenvalue weighted by Crippen LogP contribution is 2.18. The van der Waals surface area contributed by atoms with Crippen LogP contribution in [0.2, 0.25) is 0 Å². The first-order valence-electron chi connectivity index (χ1n) is 7.18. The van der Waals surface area contributed by atoms with Crippen molar-refractivity contribution in [2.75, 3.05) is 11.9 Å². The first-order chi connectivity index (χ1) is 10.5. The third kappa shape index (κ3) is 4.25. The minimum absolute atomic E-state index is 0.0229. The number of aromatic carboxylic acids is 1. The SMILES string of the molecule is CC(C)COc1cccc(CNc2cn(C)nc2C(=O)O)c1. The fourth-order valence-electron chi connectivity index (χ4n) is 1.98. The van der Waals surface area contributed by atoms with E-state index < -0.39 is 5.97 Å². The van der Waals surface area contributed by atoms with E-state index in [0.717, 1.165) is 11.3 Å². The highest BCUT2D eigenvalue weighted by molar-refractivity contribution is 5.91. The van der Waals surface area contributed by atoms with E-state index in [2.05, 4.69) is 24.3 Å². The molecule has 0 saturated carbocycles. The summed E-state index contributed by atoms with van der Waals surface area (Å²) in [4.78, 5) is 11.1. The van der Waals surface area contributed by atoms with Crippen molar-refractivity contribution in [3.8, 4) is 5.75 Å². The van der Waals surface area contributed by atoms with Crippen LogP contribution < -0.4 is 10.1 Å². The van der Waals surface area contributed by atoms with Crippen LogP contribution >= 0.6 is 0 Å². The first-order valence-corrected chi connectivity index (χ1v) is 7.18. The normalized spacial score (nSPS) is 10.7. The predicted molar refractivity (Wildman–Crippen MR) is 84.3 cm³/mol. The molecule has 1 aromatic heterocycles. The lowest BCUT2D eigenvalue weighted by molar-refractivity contribution is 0.0690. The molecule has 0 radical (unpaired) electrons. The van der Waals surface area contributed by atoms with Gasteiger partial charge in [-0.05, 0) is 23.6 Å². The number of hydrogen-bond acceptors (Lipinski definition) is 4. The van der Waals surface area contributed by atoms with Crippen molar-refractivity contribution in [3.63, 3.8) is 0 Å². The number of aromatic nitrogens is 2. The molecule has 0 fully saturated rings. The van der Waals surface area contributed by atoms with Crippen LogP contribution in [0, 0.1) is 5.92 Å². The Labute approximate surface area is 129 Å². The molecule has 22 heavy (non-hydrogen) atoms. The molecule has 2 rings (SSSR count). The molecule has 1 heterocycles. The van der Waals surface area contributed by atoms with E-state index in [0.29, 0.717) is 24.8 Å². The zero-order chi connectivity index (χ0) is 16.1. The lowest BCUT2D eigenvalue weighted by Gasteiger charge is -2.10. The molecule has 0 aliphatic rings. The number of rotatable bonds is 7. The maximum Gasteiger partial charge on any atom is 0.358 e.